The van der Waals surface area contributed by atoms with Gasteiger partial charge in [-0.05, 0) is 11.4 Å². The molecule has 6 heteroatoms. The lowest BCUT2D eigenvalue weighted by atomic mass is 10.2. The van der Waals surface area contributed by atoms with Gasteiger partial charge in [-0.25, -0.2) is 4.98 Å². The lowest BCUT2D eigenvalue weighted by Crippen LogP contribution is -2.25. The molecule has 2 heterocycles. The fraction of sp³-hybridized carbons (Fsp3) is 0.286. The van der Waals surface area contributed by atoms with Crippen LogP contribution in [-0.4, -0.2) is 34.1 Å². The maximum absolute atomic E-state index is 12.0. The average Bonchev–Trinajstić information content (AvgIpc) is 3.10. The van der Waals surface area contributed by atoms with Crippen molar-refractivity contribution in [1.82, 2.24) is 15.3 Å². The first-order valence-corrected chi connectivity index (χ1v) is 7.13. The first kappa shape index (κ1) is 14.3. The van der Waals surface area contributed by atoms with Gasteiger partial charge in [-0.3, -0.25) is 4.79 Å². The Kier molecular flexibility index (Phi) is 5.35. The Morgan fingerprint density at radius 3 is 3.20 bits per heavy atom. The predicted molar refractivity (Wildman–Crippen MR) is 77.5 cm³/mol. The first-order valence-electron chi connectivity index (χ1n) is 6.25. The minimum absolute atomic E-state index is 0.0296. The molecule has 0 radical (unpaired) electrons. The third-order valence-electron chi connectivity index (χ3n) is 2.53. The molecule has 1 amide bonds. The molecule has 0 aromatic carbocycles. The number of nitrogens with one attached hydrogen (secondary N) is 2. The van der Waals surface area contributed by atoms with E-state index in [-0.39, 0.29) is 12.5 Å². The van der Waals surface area contributed by atoms with Crippen molar-refractivity contribution in [2.75, 3.05) is 13.2 Å². The van der Waals surface area contributed by atoms with Crippen molar-refractivity contribution < 1.29 is 9.90 Å². The van der Waals surface area contributed by atoms with Crippen LogP contribution in [0.5, 0.6) is 0 Å². The zero-order valence-electron chi connectivity index (χ0n) is 10.8. The summed E-state index contributed by atoms with van der Waals surface area (Å²) >= 11 is 1.36. The third-order valence-corrected chi connectivity index (χ3v) is 3.45. The number of aromatic amines is 1. The molecule has 0 aliphatic carbocycles. The number of nitrogens with zero attached hydrogens (tertiary/aromatic N) is 1. The summed E-state index contributed by atoms with van der Waals surface area (Å²) in [6.07, 6.45) is 4.52. The molecule has 104 valence electrons. The standard InChI is InChI=1S/C14H15N3O2S/c18-9-2-1-3-11-5-10-20-13(11)14(19)17-6-4-12-15-7-8-16-12/h5,7-8,10,18H,2,4,6,9H2,(H,15,16)(H,17,19). The van der Waals surface area contributed by atoms with Gasteiger partial charge >= 0.3 is 0 Å². The van der Waals surface area contributed by atoms with Crippen molar-refractivity contribution in [3.8, 4) is 11.8 Å². The normalized spacial score (nSPS) is 9.85. The molecule has 0 unspecified atom stereocenters. The quantitative estimate of drug-likeness (QED) is 0.723. The minimum Gasteiger partial charge on any atom is -0.395 e. The molecule has 2 aromatic rings. The fourth-order valence-corrected chi connectivity index (χ4v) is 2.37. The van der Waals surface area contributed by atoms with Crippen LogP contribution in [0.25, 0.3) is 0 Å². The lowest BCUT2D eigenvalue weighted by Gasteiger charge is -2.02. The summed E-state index contributed by atoms with van der Waals surface area (Å²) in [6.45, 7) is 0.551. The number of aliphatic hydroxyl groups is 1. The molecule has 2 aromatic heterocycles. The summed E-state index contributed by atoms with van der Waals surface area (Å²) in [4.78, 5) is 19.7. The van der Waals surface area contributed by atoms with Gasteiger partial charge in [0.1, 0.15) is 10.7 Å². The molecule has 0 fully saturated rings. The van der Waals surface area contributed by atoms with Gasteiger partial charge in [-0.1, -0.05) is 11.8 Å². The predicted octanol–water partition coefficient (Wildman–Crippen LogP) is 1.18. The number of carbonyl (C=O) groups excluding carboxylic acids is 1. The number of amides is 1. The van der Waals surface area contributed by atoms with Crippen molar-refractivity contribution in [3.05, 3.63) is 40.1 Å². The van der Waals surface area contributed by atoms with Crippen LogP contribution in [-0.2, 0) is 6.42 Å². The van der Waals surface area contributed by atoms with Crippen LogP contribution >= 0.6 is 11.3 Å². The van der Waals surface area contributed by atoms with E-state index in [0.29, 0.717) is 29.8 Å². The summed E-state index contributed by atoms with van der Waals surface area (Å²) in [5, 5.41) is 13.4. The van der Waals surface area contributed by atoms with Gasteiger partial charge in [-0.15, -0.1) is 11.3 Å². The van der Waals surface area contributed by atoms with Gasteiger partial charge in [0.05, 0.1) is 6.61 Å². The second-order valence-electron chi connectivity index (χ2n) is 3.98. The number of carbonyl (C=O) groups is 1. The van der Waals surface area contributed by atoms with E-state index in [1.54, 1.807) is 12.4 Å². The second kappa shape index (κ2) is 7.48. The van der Waals surface area contributed by atoms with Crippen LogP contribution in [0.4, 0.5) is 0 Å². The van der Waals surface area contributed by atoms with E-state index in [4.69, 9.17) is 5.11 Å². The molecule has 5 nitrogen and oxygen atoms in total. The number of aliphatic hydroxyl groups excluding tert-OH is 1. The number of H-pyrrole nitrogens is 1. The number of aromatic nitrogens is 2. The summed E-state index contributed by atoms with van der Waals surface area (Å²) in [7, 11) is 0. The second-order valence-corrected chi connectivity index (χ2v) is 4.90. The van der Waals surface area contributed by atoms with Crippen molar-refractivity contribution in [3.63, 3.8) is 0 Å². The Balaban J connectivity index is 1.89. The maximum atomic E-state index is 12.0. The van der Waals surface area contributed by atoms with Gasteiger partial charge in [-0.2, -0.15) is 0 Å². The van der Waals surface area contributed by atoms with Crippen molar-refractivity contribution in [2.24, 2.45) is 0 Å². The highest BCUT2D eigenvalue weighted by molar-refractivity contribution is 7.12. The molecular formula is C14H15N3O2S. The number of thiophene rings is 1. The molecule has 0 atom stereocenters. The highest BCUT2D eigenvalue weighted by Crippen LogP contribution is 2.15. The van der Waals surface area contributed by atoms with Crippen LogP contribution in [0.1, 0.15) is 27.5 Å². The van der Waals surface area contributed by atoms with Gasteiger partial charge in [0.2, 0.25) is 0 Å². The number of rotatable bonds is 5. The Bertz CT molecular complexity index is 608. The summed E-state index contributed by atoms with van der Waals surface area (Å²) in [5.74, 6) is 6.44. The average molecular weight is 289 g/mol. The van der Waals surface area contributed by atoms with Gasteiger partial charge in [0.25, 0.3) is 5.91 Å². The molecule has 0 aliphatic heterocycles. The van der Waals surface area contributed by atoms with E-state index >= 15 is 0 Å². The summed E-state index contributed by atoms with van der Waals surface area (Å²) in [6, 6.07) is 1.82. The summed E-state index contributed by atoms with van der Waals surface area (Å²) < 4.78 is 0. The number of hydrogen-bond acceptors (Lipinski definition) is 4. The van der Waals surface area contributed by atoms with Crippen molar-refractivity contribution in [1.29, 1.82) is 0 Å². The molecule has 0 bridgehead atoms. The Hall–Kier alpha value is -2.10. The third kappa shape index (κ3) is 3.95. The van der Waals surface area contributed by atoms with Crippen LogP contribution in [0.3, 0.4) is 0 Å². The SMILES string of the molecule is O=C(NCCc1ncc[nH]1)c1sccc1C#CCCO. The van der Waals surface area contributed by atoms with Crippen LogP contribution in [0.15, 0.2) is 23.8 Å². The zero-order valence-corrected chi connectivity index (χ0v) is 11.7. The van der Waals surface area contributed by atoms with E-state index in [2.05, 4.69) is 27.1 Å². The van der Waals surface area contributed by atoms with Crippen LogP contribution in [0.2, 0.25) is 0 Å². The monoisotopic (exact) mass is 289 g/mol. The number of hydrogen-bond donors (Lipinski definition) is 3. The van der Waals surface area contributed by atoms with E-state index < -0.39 is 0 Å². The van der Waals surface area contributed by atoms with Gasteiger partial charge in [0.15, 0.2) is 0 Å². The first-order chi connectivity index (χ1) is 9.81. The summed E-state index contributed by atoms with van der Waals surface area (Å²) in [5.41, 5.74) is 0.707. The minimum atomic E-state index is -0.125. The topological polar surface area (TPSA) is 78.0 Å². The van der Waals surface area contributed by atoms with Gasteiger partial charge in [0, 0.05) is 37.3 Å². The van der Waals surface area contributed by atoms with E-state index in [0.717, 1.165) is 5.82 Å². The van der Waals surface area contributed by atoms with Crippen molar-refractivity contribution in [2.45, 2.75) is 12.8 Å². The maximum Gasteiger partial charge on any atom is 0.262 e. The zero-order chi connectivity index (χ0) is 14.2. The van der Waals surface area contributed by atoms with Crippen LogP contribution in [0, 0.1) is 11.8 Å². The molecule has 0 aliphatic rings. The number of imidazole rings is 1. The highest BCUT2D eigenvalue weighted by atomic mass is 32.1. The molecule has 2 rings (SSSR count). The molecule has 3 N–H and O–H groups in total. The van der Waals surface area contributed by atoms with Gasteiger partial charge < -0.3 is 15.4 Å². The molecule has 0 spiro atoms. The molecule has 20 heavy (non-hydrogen) atoms. The molecule has 0 saturated carbocycles. The van der Waals surface area contributed by atoms with E-state index in [1.807, 2.05) is 11.4 Å². The fourth-order valence-electron chi connectivity index (χ4n) is 1.61. The largest absolute Gasteiger partial charge is 0.395 e. The van der Waals surface area contributed by atoms with Crippen molar-refractivity contribution >= 4 is 17.2 Å². The highest BCUT2D eigenvalue weighted by Gasteiger charge is 2.11. The molecule has 0 saturated heterocycles. The lowest BCUT2D eigenvalue weighted by molar-refractivity contribution is 0.0958. The Morgan fingerprint density at radius 1 is 1.55 bits per heavy atom. The van der Waals surface area contributed by atoms with E-state index in [1.165, 1.54) is 11.3 Å². The molecular weight excluding hydrogens is 274 g/mol. The Morgan fingerprint density at radius 2 is 2.45 bits per heavy atom. The smallest absolute Gasteiger partial charge is 0.262 e. The van der Waals surface area contributed by atoms with E-state index in [9.17, 15) is 4.79 Å². The van der Waals surface area contributed by atoms with Crippen LogP contribution < -0.4 is 5.32 Å². The Labute approximate surface area is 121 Å².